The minimum Gasteiger partial charge on any atom is -0.479 e. The molecule has 1 aromatic carbocycles. The first kappa shape index (κ1) is 12.0. The van der Waals surface area contributed by atoms with Crippen molar-refractivity contribution >= 4 is 11.7 Å². The number of rotatable bonds is 4. The fraction of sp³-hybridized carbons (Fsp3) is 0.300. The Kier molecular flexibility index (Phi) is 3.44. The number of ether oxygens (including phenoxy) is 1. The van der Waals surface area contributed by atoms with Crippen LogP contribution in [-0.4, -0.2) is 22.1 Å². The highest BCUT2D eigenvalue weighted by molar-refractivity contribution is 5.72. The summed E-state index contributed by atoms with van der Waals surface area (Å²) in [6.07, 6.45) is -1.12. The molecule has 16 heavy (non-hydrogen) atoms. The number of aliphatic carboxylic acids is 1. The molecule has 0 aliphatic carbocycles. The van der Waals surface area contributed by atoms with E-state index < -0.39 is 17.0 Å². The van der Waals surface area contributed by atoms with Crippen molar-refractivity contribution in [2.24, 2.45) is 0 Å². The number of nitrogens with zero attached hydrogens (tertiary/aromatic N) is 1. The molecule has 0 fully saturated rings. The molecular formula is C10H11NO5. The van der Waals surface area contributed by atoms with Gasteiger partial charge in [0.05, 0.1) is 4.92 Å². The van der Waals surface area contributed by atoms with E-state index in [0.717, 1.165) is 5.56 Å². The van der Waals surface area contributed by atoms with Gasteiger partial charge in [-0.05, 0) is 25.5 Å². The lowest BCUT2D eigenvalue weighted by atomic mass is 10.2. The Balaban J connectivity index is 3.05. The van der Waals surface area contributed by atoms with Gasteiger partial charge in [-0.25, -0.2) is 4.79 Å². The average molecular weight is 225 g/mol. The van der Waals surface area contributed by atoms with Gasteiger partial charge in [0.25, 0.3) is 0 Å². The van der Waals surface area contributed by atoms with Crippen LogP contribution >= 0.6 is 0 Å². The number of carboxylic acid groups (broad SMARTS) is 1. The number of nitro groups is 1. The zero-order chi connectivity index (χ0) is 12.3. The van der Waals surface area contributed by atoms with Crippen LogP contribution in [0.1, 0.15) is 12.5 Å². The summed E-state index contributed by atoms with van der Waals surface area (Å²) in [7, 11) is 0. The Hall–Kier alpha value is -2.11. The van der Waals surface area contributed by atoms with E-state index in [1.807, 2.05) is 0 Å². The summed E-state index contributed by atoms with van der Waals surface area (Å²) in [6.45, 7) is 3.05. The van der Waals surface area contributed by atoms with Crippen LogP contribution in [0.2, 0.25) is 0 Å². The lowest BCUT2D eigenvalue weighted by molar-refractivity contribution is -0.386. The Morgan fingerprint density at radius 3 is 2.69 bits per heavy atom. The lowest BCUT2D eigenvalue weighted by Crippen LogP contribution is -2.23. The molecule has 0 spiro atoms. The fourth-order valence-electron chi connectivity index (χ4n) is 1.11. The molecule has 0 saturated heterocycles. The van der Waals surface area contributed by atoms with Crippen molar-refractivity contribution < 1.29 is 19.6 Å². The van der Waals surface area contributed by atoms with E-state index in [9.17, 15) is 14.9 Å². The van der Waals surface area contributed by atoms with Gasteiger partial charge >= 0.3 is 11.7 Å². The van der Waals surface area contributed by atoms with E-state index in [2.05, 4.69) is 0 Å². The van der Waals surface area contributed by atoms with Crippen molar-refractivity contribution in [3.05, 3.63) is 33.9 Å². The van der Waals surface area contributed by atoms with Crippen molar-refractivity contribution in [3.8, 4) is 5.75 Å². The van der Waals surface area contributed by atoms with Crippen LogP contribution in [0, 0.1) is 17.0 Å². The molecule has 0 aliphatic rings. The Bertz CT molecular complexity index is 429. The molecule has 0 unspecified atom stereocenters. The van der Waals surface area contributed by atoms with E-state index in [4.69, 9.17) is 9.84 Å². The van der Waals surface area contributed by atoms with Crippen LogP contribution in [0.4, 0.5) is 5.69 Å². The first-order valence-corrected chi connectivity index (χ1v) is 4.56. The topological polar surface area (TPSA) is 89.7 Å². The van der Waals surface area contributed by atoms with Crippen LogP contribution in [-0.2, 0) is 4.79 Å². The zero-order valence-corrected chi connectivity index (χ0v) is 8.84. The predicted molar refractivity (Wildman–Crippen MR) is 55.6 cm³/mol. The van der Waals surface area contributed by atoms with Gasteiger partial charge in [0.1, 0.15) is 0 Å². The van der Waals surface area contributed by atoms with Gasteiger partial charge < -0.3 is 9.84 Å². The molecule has 0 heterocycles. The first-order valence-electron chi connectivity index (χ1n) is 4.56. The molecule has 1 atom stereocenters. The molecular weight excluding hydrogens is 214 g/mol. The summed E-state index contributed by atoms with van der Waals surface area (Å²) in [5, 5.41) is 19.3. The second-order valence-electron chi connectivity index (χ2n) is 3.33. The molecule has 1 N–H and O–H groups in total. The van der Waals surface area contributed by atoms with Gasteiger partial charge in [0.2, 0.25) is 0 Å². The van der Waals surface area contributed by atoms with Crippen LogP contribution in [0.15, 0.2) is 18.2 Å². The Morgan fingerprint density at radius 1 is 1.56 bits per heavy atom. The van der Waals surface area contributed by atoms with Gasteiger partial charge in [-0.15, -0.1) is 0 Å². The average Bonchev–Trinajstić information content (AvgIpc) is 2.16. The summed E-state index contributed by atoms with van der Waals surface area (Å²) in [5.74, 6) is -1.20. The maximum atomic E-state index is 10.7. The molecule has 1 aromatic rings. The number of carbonyl (C=O) groups is 1. The van der Waals surface area contributed by atoms with E-state index in [1.54, 1.807) is 13.0 Å². The minimum absolute atomic E-state index is 0.0279. The van der Waals surface area contributed by atoms with Gasteiger partial charge in [0.15, 0.2) is 11.9 Å². The van der Waals surface area contributed by atoms with Crippen LogP contribution < -0.4 is 4.74 Å². The summed E-state index contributed by atoms with van der Waals surface area (Å²) < 4.78 is 5.01. The monoisotopic (exact) mass is 225 g/mol. The summed E-state index contributed by atoms with van der Waals surface area (Å²) in [4.78, 5) is 20.6. The molecule has 0 amide bonds. The number of nitro benzene ring substituents is 1. The number of carboxylic acids is 1. The van der Waals surface area contributed by atoms with Crippen molar-refractivity contribution in [1.82, 2.24) is 0 Å². The molecule has 0 aromatic heterocycles. The first-order chi connectivity index (χ1) is 7.41. The maximum absolute atomic E-state index is 10.7. The van der Waals surface area contributed by atoms with E-state index in [0.29, 0.717) is 0 Å². The van der Waals surface area contributed by atoms with Gasteiger partial charge in [-0.1, -0.05) is 6.07 Å². The molecule has 6 nitrogen and oxygen atoms in total. The van der Waals surface area contributed by atoms with Crippen molar-refractivity contribution in [2.45, 2.75) is 20.0 Å². The quantitative estimate of drug-likeness (QED) is 0.622. The van der Waals surface area contributed by atoms with Crippen LogP contribution in [0.3, 0.4) is 0 Å². The fourth-order valence-corrected chi connectivity index (χ4v) is 1.11. The lowest BCUT2D eigenvalue weighted by Gasteiger charge is -2.10. The number of aryl methyl sites for hydroxylation is 1. The predicted octanol–water partition coefficient (Wildman–Crippen LogP) is 1.76. The summed E-state index contributed by atoms with van der Waals surface area (Å²) in [5.41, 5.74) is 0.525. The Labute approximate surface area is 91.6 Å². The third-order valence-corrected chi connectivity index (χ3v) is 1.96. The standard InChI is InChI=1S/C10H11NO5/c1-6-3-4-8(11(14)15)9(5-6)16-7(2)10(12)13/h3-5,7H,1-2H3,(H,12,13)/t7-/m0/s1. The van der Waals surface area contributed by atoms with Gasteiger partial charge in [0, 0.05) is 6.07 Å². The second kappa shape index (κ2) is 4.61. The van der Waals surface area contributed by atoms with Gasteiger partial charge in [-0.3, -0.25) is 10.1 Å². The third-order valence-electron chi connectivity index (χ3n) is 1.96. The molecule has 6 heteroatoms. The molecule has 0 saturated carbocycles. The molecule has 0 aliphatic heterocycles. The van der Waals surface area contributed by atoms with E-state index in [-0.39, 0.29) is 11.4 Å². The highest BCUT2D eigenvalue weighted by Gasteiger charge is 2.20. The van der Waals surface area contributed by atoms with Gasteiger partial charge in [-0.2, -0.15) is 0 Å². The molecule has 0 bridgehead atoms. The summed E-state index contributed by atoms with van der Waals surface area (Å²) in [6, 6.07) is 4.30. The number of hydrogen-bond donors (Lipinski definition) is 1. The number of hydrogen-bond acceptors (Lipinski definition) is 4. The second-order valence-corrected chi connectivity index (χ2v) is 3.33. The van der Waals surface area contributed by atoms with Crippen LogP contribution in [0.5, 0.6) is 5.75 Å². The van der Waals surface area contributed by atoms with E-state index in [1.165, 1.54) is 19.1 Å². The number of benzene rings is 1. The zero-order valence-electron chi connectivity index (χ0n) is 8.84. The highest BCUT2D eigenvalue weighted by Crippen LogP contribution is 2.28. The molecule has 86 valence electrons. The van der Waals surface area contributed by atoms with Crippen molar-refractivity contribution in [1.29, 1.82) is 0 Å². The summed E-state index contributed by atoms with van der Waals surface area (Å²) >= 11 is 0. The molecule has 1 rings (SSSR count). The highest BCUT2D eigenvalue weighted by atomic mass is 16.6. The normalized spacial score (nSPS) is 11.9. The van der Waals surface area contributed by atoms with Crippen LogP contribution in [0.25, 0.3) is 0 Å². The SMILES string of the molecule is Cc1ccc([N+](=O)[O-])c(O[C@@H](C)C(=O)O)c1. The Morgan fingerprint density at radius 2 is 2.19 bits per heavy atom. The van der Waals surface area contributed by atoms with E-state index >= 15 is 0 Å². The third kappa shape index (κ3) is 2.69. The minimum atomic E-state index is -1.17. The van der Waals surface area contributed by atoms with Crippen molar-refractivity contribution in [2.75, 3.05) is 0 Å². The largest absolute Gasteiger partial charge is 0.479 e. The smallest absolute Gasteiger partial charge is 0.344 e. The molecule has 0 radical (unpaired) electrons. The van der Waals surface area contributed by atoms with Crippen molar-refractivity contribution in [3.63, 3.8) is 0 Å². The maximum Gasteiger partial charge on any atom is 0.344 e.